The first-order valence-corrected chi connectivity index (χ1v) is 5.84. The van der Waals surface area contributed by atoms with Gasteiger partial charge in [0.25, 0.3) is 5.91 Å². The van der Waals surface area contributed by atoms with E-state index >= 15 is 0 Å². The highest BCUT2D eigenvalue weighted by atomic mass is 16.2. The Balaban J connectivity index is 2.43. The average molecular weight is 218 g/mol. The van der Waals surface area contributed by atoms with Gasteiger partial charge in [0.05, 0.1) is 0 Å². The molecule has 0 atom stereocenters. The number of hydrazine groups is 1. The molecular formula is C13H18N2O. The predicted molar refractivity (Wildman–Crippen MR) is 64.0 cm³/mol. The molecule has 0 aliphatic heterocycles. The number of carbonyl (C=O) groups is 1. The number of amides is 1. The van der Waals surface area contributed by atoms with Crippen LogP contribution in [0.5, 0.6) is 0 Å². The molecule has 1 aromatic rings. The van der Waals surface area contributed by atoms with Gasteiger partial charge in [-0.05, 0) is 42.9 Å². The lowest BCUT2D eigenvalue weighted by atomic mass is 9.89. The number of benzene rings is 1. The number of hydrogen-bond donors (Lipinski definition) is 2. The smallest absolute Gasteiger partial charge is 0.265 e. The van der Waals surface area contributed by atoms with Crippen molar-refractivity contribution in [1.82, 2.24) is 5.43 Å². The van der Waals surface area contributed by atoms with Crippen molar-refractivity contribution in [3.05, 3.63) is 34.9 Å². The van der Waals surface area contributed by atoms with Gasteiger partial charge in [-0.15, -0.1) is 0 Å². The van der Waals surface area contributed by atoms with E-state index in [2.05, 4.69) is 18.4 Å². The summed E-state index contributed by atoms with van der Waals surface area (Å²) in [5, 5.41) is 0. The molecule has 1 aliphatic rings. The van der Waals surface area contributed by atoms with Gasteiger partial charge in [-0.2, -0.15) is 0 Å². The van der Waals surface area contributed by atoms with Crippen molar-refractivity contribution in [1.29, 1.82) is 0 Å². The molecule has 0 aromatic heterocycles. The van der Waals surface area contributed by atoms with E-state index in [0.717, 1.165) is 5.56 Å². The van der Waals surface area contributed by atoms with Crippen LogP contribution in [0.25, 0.3) is 0 Å². The lowest BCUT2D eigenvalue weighted by molar-refractivity contribution is 0.0952. The maximum Gasteiger partial charge on any atom is 0.265 e. The van der Waals surface area contributed by atoms with E-state index in [9.17, 15) is 4.79 Å². The molecule has 0 bridgehead atoms. The van der Waals surface area contributed by atoms with E-state index in [1.807, 2.05) is 12.1 Å². The topological polar surface area (TPSA) is 55.1 Å². The Bertz CT molecular complexity index is 395. The molecule has 86 valence electrons. The summed E-state index contributed by atoms with van der Waals surface area (Å²) in [4.78, 5) is 11.7. The van der Waals surface area contributed by atoms with E-state index in [0.29, 0.717) is 5.92 Å². The van der Waals surface area contributed by atoms with Crippen LogP contribution in [-0.2, 0) is 0 Å². The SMILES string of the molecule is Cc1cccc(C(=O)NN)c1C1CCCC1. The average Bonchev–Trinajstić information content (AvgIpc) is 2.81. The number of carbonyl (C=O) groups excluding carboxylic acids is 1. The maximum absolute atomic E-state index is 11.7. The van der Waals surface area contributed by atoms with Crippen LogP contribution in [0.1, 0.15) is 53.1 Å². The minimum atomic E-state index is -0.175. The molecule has 0 unspecified atom stereocenters. The second kappa shape index (κ2) is 4.66. The molecule has 1 aliphatic carbocycles. The number of hydrogen-bond acceptors (Lipinski definition) is 2. The molecule has 1 amide bonds. The highest BCUT2D eigenvalue weighted by Gasteiger charge is 2.23. The van der Waals surface area contributed by atoms with Crippen molar-refractivity contribution in [3.63, 3.8) is 0 Å². The molecule has 1 aromatic carbocycles. The van der Waals surface area contributed by atoms with Crippen molar-refractivity contribution in [2.45, 2.75) is 38.5 Å². The Morgan fingerprint density at radius 2 is 2.06 bits per heavy atom. The third-order valence-electron chi connectivity index (χ3n) is 3.46. The van der Waals surface area contributed by atoms with Crippen LogP contribution in [-0.4, -0.2) is 5.91 Å². The van der Waals surface area contributed by atoms with Crippen molar-refractivity contribution < 1.29 is 4.79 Å². The number of nitrogen functional groups attached to an aromatic ring is 1. The normalized spacial score (nSPS) is 16.4. The van der Waals surface area contributed by atoms with Gasteiger partial charge in [0, 0.05) is 5.56 Å². The van der Waals surface area contributed by atoms with Gasteiger partial charge in [-0.1, -0.05) is 25.0 Å². The van der Waals surface area contributed by atoms with E-state index in [1.54, 1.807) is 0 Å². The predicted octanol–water partition coefficient (Wildman–Crippen LogP) is 2.26. The first-order chi connectivity index (χ1) is 7.74. The van der Waals surface area contributed by atoms with Gasteiger partial charge in [0.1, 0.15) is 0 Å². The first kappa shape index (κ1) is 11.1. The van der Waals surface area contributed by atoms with E-state index < -0.39 is 0 Å². The molecule has 3 nitrogen and oxygen atoms in total. The summed E-state index contributed by atoms with van der Waals surface area (Å²) in [7, 11) is 0. The number of rotatable bonds is 2. The zero-order valence-electron chi connectivity index (χ0n) is 9.62. The molecule has 3 heteroatoms. The van der Waals surface area contributed by atoms with Crippen LogP contribution in [0.4, 0.5) is 0 Å². The zero-order chi connectivity index (χ0) is 11.5. The molecule has 16 heavy (non-hydrogen) atoms. The summed E-state index contributed by atoms with van der Waals surface area (Å²) in [5.41, 5.74) is 5.38. The highest BCUT2D eigenvalue weighted by Crippen LogP contribution is 2.37. The molecule has 0 heterocycles. The molecule has 0 saturated heterocycles. The second-order valence-corrected chi connectivity index (χ2v) is 4.49. The van der Waals surface area contributed by atoms with Gasteiger partial charge >= 0.3 is 0 Å². The van der Waals surface area contributed by atoms with Crippen molar-refractivity contribution in [3.8, 4) is 0 Å². The summed E-state index contributed by atoms with van der Waals surface area (Å²) in [6.07, 6.45) is 4.91. The van der Waals surface area contributed by atoms with Gasteiger partial charge < -0.3 is 0 Å². The molecule has 3 N–H and O–H groups in total. The van der Waals surface area contributed by atoms with Gasteiger partial charge in [-0.25, -0.2) is 5.84 Å². The summed E-state index contributed by atoms with van der Waals surface area (Å²) in [5.74, 6) is 5.58. The Morgan fingerprint density at radius 3 is 2.69 bits per heavy atom. The van der Waals surface area contributed by atoms with Crippen molar-refractivity contribution in [2.75, 3.05) is 0 Å². The third kappa shape index (κ3) is 1.95. The quantitative estimate of drug-likeness (QED) is 0.454. The Labute approximate surface area is 96.0 Å². The monoisotopic (exact) mass is 218 g/mol. The summed E-state index contributed by atoms with van der Waals surface area (Å²) >= 11 is 0. The standard InChI is InChI=1S/C13H18N2O/c1-9-5-4-8-11(13(16)15-14)12(9)10-6-2-3-7-10/h4-5,8,10H,2-3,6-7,14H2,1H3,(H,15,16). The summed E-state index contributed by atoms with van der Waals surface area (Å²) in [6, 6.07) is 5.85. The first-order valence-electron chi connectivity index (χ1n) is 5.84. The van der Waals surface area contributed by atoms with E-state index in [4.69, 9.17) is 5.84 Å². The van der Waals surface area contributed by atoms with Crippen LogP contribution in [0, 0.1) is 6.92 Å². The Kier molecular flexibility index (Phi) is 3.25. The lowest BCUT2D eigenvalue weighted by Crippen LogP contribution is -2.31. The summed E-state index contributed by atoms with van der Waals surface area (Å²) < 4.78 is 0. The fourth-order valence-electron chi connectivity index (χ4n) is 2.71. The van der Waals surface area contributed by atoms with E-state index in [1.165, 1.54) is 36.8 Å². The highest BCUT2D eigenvalue weighted by molar-refractivity contribution is 5.95. The lowest BCUT2D eigenvalue weighted by Gasteiger charge is -2.17. The number of nitrogens with two attached hydrogens (primary N) is 1. The fraction of sp³-hybridized carbons (Fsp3) is 0.462. The zero-order valence-corrected chi connectivity index (χ0v) is 9.62. The Morgan fingerprint density at radius 1 is 1.38 bits per heavy atom. The Hall–Kier alpha value is -1.35. The second-order valence-electron chi connectivity index (χ2n) is 4.49. The molecule has 0 radical (unpaired) electrons. The van der Waals surface area contributed by atoms with Crippen LogP contribution >= 0.6 is 0 Å². The molecule has 1 saturated carbocycles. The number of nitrogens with one attached hydrogen (secondary N) is 1. The fourth-order valence-corrected chi connectivity index (χ4v) is 2.71. The third-order valence-corrected chi connectivity index (χ3v) is 3.46. The minimum absolute atomic E-state index is 0.175. The molecule has 2 rings (SSSR count). The van der Waals surface area contributed by atoms with Crippen molar-refractivity contribution in [2.24, 2.45) is 5.84 Å². The van der Waals surface area contributed by atoms with Gasteiger partial charge in [0.2, 0.25) is 0 Å². The van der Waals surface area contributed by atoms with Crippen LogP contribution in [0.15, 0.2) is 18.2 Å². The van der Waals surface area contributed by atoms with Crippen molar-refractivity contribution >= 4 is 5.91 Å². The maximum atomic E-state index is 11.7. The number of aryl methyl sites for hydroxylation is 1. The summed E-state index contributed by atoms with van der Waals surface area (Å²) in [6.45, 7) is 2.07. The molecule has 0 spiro atoms. The largest absolute Gasteiger partial charge is 0.290 e. The van der Waals surface area contributed by atoms with Crippen LogP contribution in [0.2, 0.25) is 0 Å². The van der Waals surface area contributed by atoms with Gasteiger partial charge in [-0.3, -0.25) is 10.2 Å². The minimum Gasteiger partial charge on any atom is -0.290 e. The van der Waals surface area contributed by atoms with E-state index in [-0.39, 0.29) is 5.91 Å². The van der Waals surface area contributed by atoms with Gasteiger partial charge in [0.15, 0.2) is 0 Å². The molecule has 1 fully saturated rings. The molecular weight excluding hydrogens is 200 g/mol. The van der Waals surface area contributed by atoms with Crippen LogP contribution < -0.4 is 11.3 Å². The van der Waals surface area contributed by atoms with Crippen LogP contribution in [0.3, 0.4) is 0 Å².